The lowest BCUT2D eigenvalue weighted by Crippen LogP contribution is -2.63. The van der Waals surface area contributed by atoms with Crippen molar-refractivity contribution >= 4 is 29.3 Å². The van der Waals surface area contributed by atoms with Gasteiger partial charge in [-0.1, -0.05) is 30.7 Å². The maximum Gasteiger partial charge on any atom is 0.232 e. The first-order valence-electron chi connectivity index (χ1n) is 9.53. The van der Waals surface area contributed by atoms with E-state index in [9.17, 15) is 9.90 Å². The van der Waals surface area contributed by atoms with E-state index in [0.29, 0.717) is 5.75 Å². The summed E-state index contributed by atoms with van der Waals surface area (Å²) in [6, 6.07) is 8.10. The third-order valence-corrected chi connectivity index (χ3v) is 6.97. The molecule has 1 aromatic rings. The Bertz CT molecular complexity index is 630. The van der Waals surface area contributed by atoms with Gasteiger partial charge in [0, 0.05) is 30.1 Å². The lowest BCUT2D eigenvalue weighted by Gasteiger charge is -2.54. The van der Waals surface area contributed by atoms with Gasteiger partial charge in [0.05, 0.1) is 18.4 Å². The summed E-state index contributed by atoms with van der Waals surface area (Å²) in [6.45, 7) is 5.70. The van der Waals surface area contributed by atoms with Crippen molar-refractivity contribution in [2.45, 2.75) is 38.8 Å². The second-order valence-corrected chi connectivity index (χ2v) is 9.19. The van der Waals surface area contributed by atoms with Gasteiger partial charge in [0.1, 0.15) is 0 Å². The molecule has 1 aromatic carbocycles. The van der Waals surface area contributed by atoms with Crippen molar-refractivity contribution in [2.24, 2.45) is 5.41 Å². The van der Waals surface area contributed by atoms with Crippen LogP contribution < -0.4 is 0 Å². The molecule has 0 saturated carbocycles. The number of aliphatic hydroxyl groups is 1. The number of halogens is 1. The third-order valence-electron chi connectivity index (χ3n) is 5.87. The topological polar surface area (TPSA) is 43.8 Å². The zero-order chi connectivity index (χ0) is 18.6. The van der Waals surface area contributed by atoms with E-state index in [4.69, 9.17) is 11.6 Å². The molecule has 1 N–H and O–H groups in total. The number of fused-ring (bicyclic) bond motifs is 1. The SMILES string of the molecule is CCSCC(=O)N1CCC[C@]2(CO)CCN(Cc3cccc(Cl)c3)C[C@@H]12. The molecule has 4 nitrogen and oxygen atoms in total. The summed E-state index contributed by atoms with van der Waals surface area (Å²) >= 11 is 7.80. The van der Waals surface area contributed by atoms with Crippen LogP contribution in [0.25, 0.3) is 0 Å². The fourth-order valence-electron chi connectivity index (χ4n) is 4.43. The molecular formula is C20H29ClN2O2S. The molecule has 6 heteroatoms. The highest BCUT2D eigenvalue weighted by Gasteiger charge is 2.48. The lowest BCUT2D eigenvalue weighted by molar-refractivity contribution is -0.144. The van der Waals surface area contributed by atoms with Crippen molar-refractivity contribution in [2.75, 3.05) is 37.7 Å². The number of hydrogen-bond donors (Lipinski definition) is 1. The molecule has 2 aliphatic heterocycles. The van der Waals surface area contributed by atoms with Crippen molar-refractivity contribution in [3.63, 3.8) is 0 Å². The Hall–Kier alpha value is -0.750. The highest BCUT2D eigenvalue weighted by Crippen LogP contribution is 2.42. The molecule has 2 atom stereocenters. The third kappa shape index (κ3) is 4.38. The van der Waals surface area contributed by atoms with E-state index in [-0.39, 0.29) is 24.0 Å². The molecule has 0 spiro atoms. The Morgan fingerprint density at radius 2 is 2.23 bits per heavy atom. The van der Waals surface area contributed by atoms with Crippen LogP contribution in [0.5, 0.6) is 0 Å². The second kappa shape index (κ2) is 8.96. The van der Waals surface area contributed by atoms with Crippen LogP contribution in [0.3, 0.4) is 0 Å². The largest absolute Gasteiger partial charge is 0.396 e. The Kier molecular flexibility index (Phi) is 6.89. The molecule has 2 saturated heterocycles. The molecule has 1 amide bonds. The van der Waals surface area contributed by atoms with Gasteiger partial charge in [-0.3, -0.25) is 9.69 Å². The number of likely N-dealkylation sites (tertiary alicyclic amines) is 2. The van der Waals surface area contributed by atoms with Crippen LogP contribution in [0, 0.1) is 5.41 Å². The fourth-order valence-corrected chi connectivity index (χ4v) is 5.18. The van der Waals surface area contributed by atoms with Crippen molar-refractivity contribution in [1.82, 2.24) is 9.80 Å². The molecule has 0 aromatic heterocycles. The lowest BCUT2D eigenvalue weighted by atomic mass is 9.69. The van der Waals surface area contributed by atoms with Crippen molar-refractivity contribution in [3.8, 4) is 0 Å². The Labute approximate surface area is 165 Å². The predicted octanol–water partition coefficient (Wildman–Crippen LogP) is 3.27. The minimum atomic E-state index is -0.129. The minimum absolute atomic E-state index is 0.110. The number of rotatable bonds is 6. The Morgan fingerprint density at radius 1 is 1.38 bits per heavy atom. The quantitative estimate of drug-likeness (QED) is 0.801. The first-order valence-corrected chi connectivity index (χ1v) is 11.1. The zero-order valence-corrected chi connectivity index (χ0v) is 17.1. The van der Waals surface area contributed by atoms with Gasteiger partial charge in [-0.05, 0) is 49.3 Å². The van der Waals surface area contributed by atoms with E-state index in [1.807, 2.05) is 18.2 Å². The van der Waals surface area contributed by atoms with Crippen LogP contribution in [0.1, 0.15) is 31.7 Å². The van der Waals surface area contributed by atoms with E-state index in [1.54, 1.807) is 11.8 Å². The number of piperidine rings is 2. The van der Waals surface area contributed by atoms with E-state index in [1.165, 1.54) is 5.56 Å². The molecule has 2 aliphatic rings. The zero-order valence-electron chi connectivity index (χ0n) is 15.5. The van der Waals surface area contributed by atoms with E-state index >= 15 is 0 Å². The number of carbonyl (C=O) groups is 1. The summed E-state index contributed by atoms with van der Waals surface area (Å²) in [6.07, 6.45) is 2.96. The molecule has 0 radical (unpaired) electrons. The van der Waals surface area contributed by atoms with Gasteiger partial charge in [0.15, 0.2) is 0 Å². The van der Waals surface area contributed by atoms with E-state index < -0.39 is 0 Å². The number of carbonyl (C=O) groups excluding carboxylic acids is 1. The molecule has 2 fully saturated rings. The number of benzene rings is 1. The van der Waals surface area contributed by atoms with Crippen LogP contribution >= 0.6 is 23.4 Å². The molecule has 144 valence electrons. The maximum atomic E-state index is 12.8. The molecule has 3 rings (SSSR count). The van der Waals surface area contributed by atoms with Gasteiger partial charge in [0.2, 0.25) is 5.91 Å². The number of thioether (sulfide) groups is 1. The summed E-state index contributed by atoms with van der Waals surface area (Å²) in [5, 5.41) is 10.9. The number of aliphatic hydroxyl groups excluding tert-OH is 1. The molecule has 26 heavy (non-hydrogen) atoms. The van der Waals surface area contributed by atoms with Crippen LogP contribution in [0.4, 0.5) is 0 Å². The first-order chi connectivity index (χ1) is 12.6. The van der Waals surface area contributed by atoms with Gasteiger partial charge in [0.25, 0.3) is 0 Å². The monoisotopic (exact) mass is 396 g/mol. The fraction of sp³-hybridized carbons (Fsp3) is 0.650. The molecule has 0 bridgehead atoms. The van der Waals surface area contributed by atoms with Crippen LogP contribution in [-0.2, 0) is 11.3 Å². The predicted molar refractivity (Wildman–Crippen MR) is 109 cm³/mol. The molecule has 2 heterocycles. The summed E-state index contributed by atoms with van der Waals surface area (Å²) in [4.78, 5) is 17.2. The second-order valence-electron chi connectivity index (χ2n) is 7.48. The van der Waals surface area contributed by atoms with E-state index in [2.05, 4.69) is 22.8 Å². The van der Waals surface area contributed by atoms with E-state index in [0.717, 1.165) is 56.2 Å². The standard InChI is InChI=1S/C20H29ClN2O2S/c1-2-26-14-19(25)23-9-4-7-20(15-24)8-10-22(13-18(20)23)12-16-5-3-6-17(21)11-16/h3,5-6,11,18,24H,2,4,7-10,12-15H2,1H3/t18-,20-/m1/s1. The van der Waals surface area contributed by atoms with Gasteiger partial charge in [-0.25, -0.2) is 0 Å². The normalized spacial score (nSPS) is 26.6. The van der Waals surface area contributed by atoms with Crippen LogP contribution in [-0.4, -0.2) is 64.6 Å². The summed E-state index contributed by atoms with van der Waals surface area (Å²) in [5.41, 5.74) is 1.07. The van der Waals surface area contributed by atoms with Gasteiger partial charge < -0.3 is 10.0 Å². The number of hydrogen-bond acceptors (Lipinski definition) is 4. The number of amides is 1. The summed E-state index contributed by atoms with van der Waals surface area (Å²) < 4.78 is 0. The van der Waals surface area contributed by atoms with Gasteiger partial charge in [-0.2, -0.15) is 11.8 Å². The summed E-state index contributed by atoms with van der Waals surface area (Å²) in [7, 11) is 0. The summed E-state index contributed by atoms with van der Waals surface area (Å²) in [5.74, 6) is 1.72. The molecule has 0 aliphatic carbocycles. The Balaban J connectivity index is 1.74. The van der Waals surface area contributed by atoms with Crippen molar-refractivity contribution < 1.29 is 9.90 Å². The maximum absolute atomic E-state index is 12.8. The van der Waals surface area contributed by atoms with Gasteiger partial charge in [-0.15, -0.1) is 0 Å². The highest BCUT2D eigenvalue weighted by molar-refractivity contribution is 7.99. The van der Waals surface area contributed by atoms with Crippen LogP contribution in [0.2, 0.25) is 5.02 Å². The number of nitrogens with zero attached hydrogens (tertiary/aromatic N) is 2. The smallest absolute Gasteiger partial charge is 0.232 e. The molecule has 0 unspecified atom stereocenters. The van der Waals surface area contributed by atoms with Crippen molar-refractivity contribution in [1.29, 1.82) is 0 Å². The Morgan fingerprint density at radius 3 is 2.96 bits per heavy atom. The van der Waals surface area contributed by atoms with Gasteiger partial charge >= 0.3 is 0 Å². The molecular weight excluding hydrogens is 368 g/mol. The van der Waals surface area contributed by atoms with Crippen molar-refractivity contribution in [3.05, 3.63) is 34.9 Å². The average molecular weight is 397 g/mol. The highest BCUT2D eigenvalue weighted by atomic mass is 35.5. The van der Waals surface area contributed by atoms with Crippen LogP contribution in [0.15, 0.2) is 24.3 Å². The minimum Gasteiger partial charge on any atom is -0.396 e. The first kappa shape index (κ1) is 20.0. The average Bonchev–Trinajstić information content (AvgIpc) is 2.65.